The minimum atomic E-state index is -0.135. The Bertz CT molecular complexity index is 390. The number of halogens is 1. The minimum absolute atomic E-state index is 0.135. The van der Waals surface area contributed by atoms with Crippen molar-refractivity contribution in [3.8, 4) is 0 Å². The van der Waals surface area contributed by atoms with Crippen LogP contribution >= 0.6 is 11.6 Å². The average Bonchev–Trinajstić information content (AvgIpc) is 2.62. The summed E-state index contributed by atoms with van der Waals surface area (Å²) in [7, 11) is 3.81. The van der Waals surface area contributed by atoms with E-state index in [-0.39, 0.29) is 11.9 Å². The van der Waals surface area contributed by atoms with Crippen molar-refractivity contribution in [1.29, 1.82) is 0 Å². The average molecular weight is 257 g/mol. The van der Waals surface area contributed by atoms with Crippen LogP contribution in [0.15, 0.2) is 6.20 Å². The zero-order chi connectivity index (χ0) is 12.4. The standard InChI is InChI=1S/C11H17ClN4O/c1-15-5-3-8(4-6-15)14-11(17)10-9(12)7-13-16(10)2/h7-8H,3-6H2,1-2H3,(H,14,17). The summed E-state index contributed by atoms with van der Waals surface area (Å²) in [6, 6.07) is 0.240. The van der Waals surface area contributed by atoms with Gasteiger partial charge in [0.05, 0.1) is 11.2 Å². The van der Waals surface area contributed by atoms with Crippen molar-refractivity contribution in [3.05, 3.63) is 16.9 Å². The number of rotatable bonds is 2. The summed E-state index contributed by atoms with van der Waals surface area (Å²) in [4.78, 5) is 14.3. The number of aryl methyl sites for hydroxylation is 1. The monoisotopic (exact) mass is 256 g/mol. The van der Waals surface area contributed by atoms with E-state index in [0.717, 1.165) is 25.9 Å². The van der Waals surface area contributed by atoms with Crippen LogP contribution in [0.4, 0.5) is 0 Å². The topological polar surface area (TPSA) is 50.2 Å². The van der Waals surface area contributed by atoms with Gasteiger partial charge in [0.1, 0.15) is 5.69 Å². The molecule has 2 rings (SSSR count). The van der Waals surface area contributed by atoms with Crippen LogP contribution in [0.25, 0.3) is 0 Å². The predicted octanol–water partition coefficient (Wildman–Crippen LogP) is 0.897. The maximum atomic E-state index is 12.0. The maximum absolute atomic E-state index is 12.0. The third-order valence-electron chi connectivity index (χ3n) is 3.16. The van der Waals surface area contributed by atoms with E-state index in [0.29, 0.717) is 10.7 Å². The van der Waals surface area contributed by atoms with E-state index >= 15 is 0 Å². The molecule has 0 spiro atoms. The van der Waals surface area contributed by atoms with Gasteiger partial charge in [0.25, 0.3) is 5.91 Å². The predicted molar refractivity (Wildman–Crippen MR) is 66.2 cm³/mol. The van der Waals surface area contributed by atoms with E-state index in [1.54, 1.807) is 7.05 Å². The van der Waals surface area contributed by atoms with Crippen LogP contribution in [0.1, 0.15) is 23.3 Å². The third kappa shape index (κ3) is 2.79. The molecule has 5 nitrogen and oxygen atoms in total. The molecule has 0 unspecified atom stereocenters. The molecule has 0 aliphatic carbocycles. The third-order valence-corrected chi connectivity index (χ3v) is 3.44. The first kappa shape index (κ1) is 12.4. The maximum Gasteiger partial charge on any atom is 0.271 e. The van der Waals surface area contributed by atoms with Crippen molar-refractivity contribution in [1.82, 2.24) is 20.0 Å². The number of nitrogens with one attached hydrogen (secondary N) is 1. The summed E-state index contributed by atoms with van der Waals surface area (Å²) in [5.41, 5.74) is 0.436. The van der Waals surface area contributed by atoms with Gasteiger partial charge in [-0.15, -0.1) is 0 Å². The summed E-state index contributed by atoms with van der Waals surface area (Å²) >= 11 is 5.93. The van der Waals surface area contributed by atoms with E-state index in [9.17, 15) is 4.79 Å². The Labute approximate surface area is 106 Å². The molecule has 0 atom stereocenters. The van der Waals surface area contributed by atoms with Crippen molar-refractivity contribution in [2.24, 2.45) is 7.05 Å². The van der Waals surface area contributed by atoms with Gasteiger partial charge in [-0.25, -0.2) is 0 Å². The molecule has 1 aromatic rings. The fraction of sp³-hybridized carbons (Fsp3) is 0.636. The molecule has 1 amide bonds. The molecule has 0 radical (unpaired) electrons. The zero-order valence-corrected chi connectivity index (χ0v) is 10.9. The highest BCUT2D eigenvalue weighted by atomic mass is 35.5. The number of nitrogens with zero attached hydrogens (tertiary/aromatic N) is 3. The molecule has 1 N–H and O–H groups in total. The Hall–Kier alpha value is -1.07. The first-order valence-corrected chi connectivity index (χ1v) is 6.12. The molecule has 0 bridgehead atoms. The van der Waals surface area contributed by atoms with Crippen LogP contribution in [-0.4, -0.2) is 46.8 Å². The molecular formula is C11H17ClN4O. The molecule has 1 aliphatic rings. The number of hydrogen-bond donors (Lipinski definition) is 1. The number of piperidine rings is 1. The Morgan fingerprint density at radius 3 is 2.65 bits per heavy atom. The fourth-order valence-corrected chi connectivity index (χ4v) is 2.32. The fourth-order valence-electron chi connectivity index (χ4n) is 2.07. The molecule has 1 saturated heterocycles. The van der Waals surface area contributed by atoms with Gasteiger partial charge in [0.15, 0.2) is 0 Å². The molecule has 6 heteroatoms. The Balaban J connectivity index is 1.98. The van der Waals surface area contributed by atoms with Gasteiger partial charge in [-0.05, 0) is 33.0 Å². The summed E-state index contributed by atoms with van der Waals surface area (Å²) in [6.45, 7) is 2.04. The molecule has 1 aromatic heterocycles. The van der Waals surface area contributed by atoms with Gasteiger partial charge in [-0.2, -0.15) is 5.10 Å². The van der Waals surface area contributed by atoms with E-state index in [1.807, 2.05) is 0 Å². The van der Waals surface area contributed by atoms with Crippen LogP contribution in [0.5, 0.6) is 0 Å². The van der Waals surface area contributed by atoms with Crippen molar-refractivity contribution < 1.29 is 4.79 Å². The largest absolute Gasteiger partial charge is 0.348 e. The molecule has 2 heterocycles. The van der Waals surface area contributed by atoms with Gasteiger partial charge < -0.3 is 10.2 Å². The number of carbonyl (C=O) groups excluding carboxylic acids is 1. The van der Waals surface area contributed by atoms with Crippen molar-refractivity contribution >= 4 is 17.5 Å². The van der Waals surface area contributed by atoms with Crippen LogP contribution in [0.3, 0.4) is 0 Å². The lowest BCUT2D eigenvalue weighted by atomic mass is 10.1. The molecule has 0 saturated carbocycles. The Morgan fingerprint density at radius 2 is 2.12 bits per heavy atom. The Kier molecular flexibility index (Phi) is 3.69. The highest BCUT2D eigenvalue weighted by molar-refractivity contribution is 6.33. The van der Waals surface area contributed by atoms with Crippen LogP contribution in [-0.2, 0) is 7.05 Å². The van der Waals surface area contributed by atoms with Crippen molar-refractivity contribution in [3.63, 3.8) is 0 Å². The lowest BCUT2D eigenvalue weighted by Crippen LogP contribution is -2.43. The highest BCUT2D eigenvalue weighted by Crippen LogP contribution is 2.15. The summed E-state index contributed by atoms with van der Waals surface area (Å²) < 4.78 is 1.51. The second kappa shape index (κ2) is 5.06. The molecule has 0 aromatic carbocycles. The summed E-state index contributed by atoms with van der Waals surface area (Å²) in [5.74, 6) is -0.135. The van der Waals surface area contributed by atoms with E-state index in [1.165, 1.54) is 10.9 Å². The molecule has 17 heavy (non-hydrogen) atoms. The SMILES string of the molecule is CN1CCC(NC(=O)c2c(Cl)cnn2C)CC1. The number of aromatic nitrogens is 2. The van der Waals surface area contributed by atoms with Gasteiger partial charge in [0, 0.05) is 13.1 Å². The Morgan fingerprint density at radius 1 is 1.47 bits per heavy atom. The van der Waals surface area contributed by atoms with Crippen molar-refractivity contribution in [2.45, 2.75) is 18.9 Å². The van der Waals surface area contributed by atoms with E-state index < -0.39 is 0 Å². The minimum Gasteiger partial charge on any atom is -0.348 e. The van der Waals surface area contributed by atoms with Gasteiger partial charge in [-0.3, -0.25) is 9.48 Å². The smallest absolute Gasteiger partial charge is 0.271 e. The van der Waals surface area contributed by atoms with Crippen molar-refractivity contribution in [2.75, 3.05) is 20.1 Å². The second-order valence-corrected chi connectivity index (χ2v) is 4.92. The number of likely N-dealkylation sites (tertiary alicyclic amines) is 1. The second-order valence-electron chi connectivity index (χ2n) is 4.52. The molecule has 94 valence electrons. The quantitative estimate of drug-likeness (QED) is 0.855. The number of amides is 1. The molecule has 1 aliphatic heterocycles. The van der Waals surface area contributed by atoms with Crippen LogP contribution < -0.4 is 5.32 Å². The van der Waals surface area contributed by atoms with Crippen LogP contribution in [0.2, 0.25) is 5.02 Å². The lowest BCUT2D eigenvalue weighted by molar-refractivity contribution is 0.0907. The number of carbonyl (C=O) groups is 1. The zero-order valence-electron chi connectivity index (χ0n) is 10.1. The van der Waals surface area contributed by atoms with Crippen LogP contribution in [0, 0.1) is 0 Å². The van der Waals surface area contributed by atoms with E-state index in [4.69, 9.17) is 11.6 Å². The lowest BCUT2D eigenvalue weighted by Gasteiger charge is -2.29. The normalized spacial score (nSPS) is 18.3. The highest BCUT2D eigenvalue weighted by Gasteiger charge is 2.22. The van der Waals surface area contributed by atoms with E-state index in [2.05, 4.69) is 22.4 Å². The van der Waals surface area contributed by atoms with Gasteiger partial charge in [-0.1, -0.05) is 11.6 Å². The first-order valence-electron chi connectivity index (χ1n) is 5.75. The summed E-state index contributed by atoms with van der Waals surface area (Å²) in [6.07, 6.45) is 3.46. The first-order chi connectivity index (χ1) is 8.08. The number of hydrogen-bond acceptors (Lipinski definition) is 3. The van der Waals surface area contributed by atoms with Gasteiger partial charge in [0.2, 0.25) is 0 Å². The van der Waals surface area contributed by atoms with Gasteiger partial charge >= 0.3 is 0 Å². The summed E-state index contributed by atoms with van der Waals surface area (Å²) in [5, 5.41) is 7.37. The molecular weight excluding hydrogens is 240 g/mol. The molecule has 1 fully saturated rings.